The summed E-state index contributed by atoms with van der Waals surface area (Å²) in [6, 6.07) is 19.0. The number of nitrogens with one attached hydrogen (secondary N) is 1. The van der Waals surface area contributed by atoms with Gasteiger partial charge in [0.05, 0.1) is 4.90 Å². The average Bonchev–Trinajstić information content (AvgIpc) is 2.91. The van der Waals surface area contributed by atoms with Gasteiger partial charge < -0.3 is 4.90 Å². The number of rotatable bonds is 5. The van der Waals surface area contributed by atoms with Crippen LogP contribution in [0.2, 0.25) is 0 Å². The standard InChI is InChI=1S/C24H25FN2O2S/c1-27-14-12-20-6-9-23(17-21(20)13-15-27)26-30(28,29)24-10-4-19(5-11-24)16-18-2-7-22(25)8-3-18/h2-11,17,26H,12-16H2,1H3. The number of nitrogens with zero attached hydrogens (tertiary/aromatic N) is 1. The average molecular weight is 425 g/mol. The molecule has 0 aromatic heterocycles. The lowest BCUT2D eigenvalue weighted by atomic mass is 10.0. The van der Waals surface area contributed by atoms with Crippen LogP contribution in [0.3, 0.4) is 0 Å². The Labute approximate surface area is 177 Å². The summed E-state index contributed by atoms with van der Waals surface area (Å²) in [7, 11) is -1.56. The highest BCUT2D eigenvalue weighted by Gasteiger charge is 2.16. The third kappa shape index (κ3) is 4.89. The van der Waals surface area contributed by atoms with Crippen molar-refractivity contribution in [1.82, 2.24) is 4.90 Å². The zero-order valence-corrected chi connectivity index (χ0v) is 17.8. The summed E-state index contributed by atoms with van der Waals surface area (Å²) in [6.45, 7) is 1.99. The lowest BCUT2D eigenvalue weighted by Gasteiger charge is -2.12. The molecular weight excluding hydrogens is 399 g/mol. The van der Waals surface area contributed by atoms with Crippen LogP contribution in [-0.2, 0) is 29.3 Å². The van der Waals surface area contributed by atoms with Gasteiger partial charge in [0.2, 0.25) is 0 Å². The van der Waals surface area contributed by atoms with Crippen molar-refractivity contribution < 1.29 is 12.8 Å². The fourth-order valence-corrected chi connectivity index (χ4v) is 4.79. The van der Waals surface area contributed by atoms with Crippen molar-refractivity contribution >= 4 is 15.7 Å². The molecule has 0 amide bonds. The zero-order valence-electron chi connectivity index (χ0n) is 16.9. The van der Waals surface area contributed by atoms with Crippen LogP contribution < -0.4 is 4.72 Å². The molecule has 0 radical (unpaired) electrons. The van der Waals surface area contributed by atoms with E-state index in [4.69, 9.17) is 0 Å². The summed E-state index contributed by atoms with van der Waals surface area (Å²) >= 11 is 0. The molecule has 3 aromatic carbocycles. The van der Waals surface area contributed by atoms with Crippen molar-refractivity contribution in [2.24, 2.45) is 0 Å². The molecule has 1 heterocycles. The highest BCUT2D eigenvalue weighted by molar-refractivity contribution is 7.92. The Balaban J connectivity index is 1.48. The third-order valence-corrected chi connectivity index (χ3v) is 6.94. The van der Waals surface area contributed by atoms with Crippen LogP contribution in [0.25, 0.3) is 0 Å². The number of halogens is 1. The molecule has 0 unspecified atom stereocenters. The van der Waals surface area contributed by atoms with E-state index in [9.17, 15) is 12.8 Å². The second-order valence-corrected chi connectivity index (χ2v) is 9.52. The Kier molecular flexibility index (Phi) is 5.88. The molecule has 0 aliphatic carbocycles. The van der Waals surface area contributed by atoms with Gasteiger partial charge in [-0.3, -0.25) is 4.72 Å². The highest BCUT2D eigenvalue weighted by atomic mass is 32.2. The molecule has 156 valence electrons. The number of anilines is 1. The van der Waals surface area contributed by atoms with Crippen LogP contribution in [0, 0.1) is 5.82 Å². The molecule has 3 aromatic rings. The third-order valence-electron chi connectivity index (χ3n) is 5.54. The summed E-state index contributed by atoms with van der Waals surface area (Å²) in [5, 5.41) is 0. The molecule has 4 rings (SSSR count). The number of fused-ring (bicyclic) bond motifs is 1. The fraction of sp³-hybridized carbons (Fsp3) is 0.250. The second kappa shape index (κ2) is 8.58. The Hall–Kier alpha value is -2.70. The SMILES string of the molecule is CN1CCc2ccc(NS(=O)(=O)c3ccc(Cc4ccc(F)cc4)cc3)cc2CC1. The molecule has 1 aliphatic rings. The van der Waals surface area contributed by atoms with Crippen molar-refractivity contribution in [3.05, 3.63) is 94.8 Å². The van der Waals surface area contributed by atoms with E-state index < -0.39 is 10.0 Å². The molecule has 0 saturated carbocycles. The smallest absolute Gasteiger partial charge is 0.261 e. The zero-order chi connectivity index (χ0) is 21.1. The molecular formula is C24H25FN2O2S. The first-order chi connectivity index (χ1) is 14.4. The molecule has 0 bridgehead atoms. The molecule has 0 atom stereocenters. The van der Waals surface area contributed by atoms with E-state index in [0.29, 0.717) is 12.1 Å². The predicted molar refractivity (Wildman–Crippen MR) is 118 cm³/mol. The Morgan fingerprint density at radius 1 is 0.867 bits per heavy atom. The summed E-state index contributed by atoms with van der Waals surface area (Å²) < 4.78 is 41.4. The van der Waals surface area contributed by atoms with Crippen LogP contribution >= 0.6 is 0 Å². The molecule has 0 fully saturated rings. The molecule has 4 nitrogen and oxygen atoms in total. The van der Waals surface area contributed by atoms with Crippen molar-refractivity contribution in [3.63, 3.8) is 0 Å². The van der Waals surface area contributed by atoms with Crippen LogP contribution in [0.1, 0.15) is 22.3 Å². The predicted octanol–water partition coefficient (Wildman–Crippen LogP) is 4.25. The summed E-state index contributed by atoms with van der Waals surface area (Å²) in [5.41, 5.74) is 5.02. The van der Waals surface area contributed by atoms with Crippen LogP contribution in [0.5, 0.6) is 0 Å². The fourth-order valence-electron chi connectivity index (χ4n) is 3.74. The largest absolute Gasteiger partial charge is 0.306 e. The Bertz CT molecular complexity index is 1130. The van der Waals surface area contributed by atoms with Crippen molar-refractivity contribution in [1.29, 1.82) is 0 Å². The van der Waals surface area contributed by atoms with Crippen molar-refractivity contribution in [2.45, 2.75) is 24.2 Å². The van der Waals surface area contributed by atoms with Gasteiger partial charge in [-0.1, -0.05) is 30.3 Å². The van der Waals surface area contributed by atoms with Gasteiger partial charge in [0.25, 0.3) is 10.0 Å². The quantitative estimate of drug-likeness (QED) is 0.666. The van der Waals surface area contributed by atoms with Gasteiger partial charge in [-0.25, -0.2) is 12.8 Å². The minimum absolute atomic E-state index is 0.222. The Morgan fingerprint density at radius 3 is 2.13 bits per heavy atom. The lowest BCUT2D eigenvalue weighted by Crippen LogP contribution is -2.20. The topological polar surface area (TPSA) is 49.4 Å². The maximum absolute atomic E-state index is 13.0. The van der Waals surface area contributed by atoms with E-state index in [1.807, 2.05) is 18.2 Å². The van der Waals surface area contributed by atoms with Gasteiger partial charge in [0.15, 0.2) is 0 Å². The van der Waals surface area contributed by atoms with Crippen molar-refractivity contribution in [3.8, 4) is 0 Å². The lowest BCUT2D eigenvalue weighted by molar-refractivity contribution is 0.352. The van der Waals surface area contributed by atoms with E-state index in [2.05, 4.69) is 16.7 Å². The summed E-state index contributed by atoms with van der Waals surface area (Å²) in [6.07, 6.45) is 2.52. The minimum Gasteiger partial charge on any atom is -0.306 e. The Morgan fingerprint density at radius 2 is 1.47 bits per heavy atom. The van der Waals surface area contributed by atoms with Crippen molar-refractivity contribution in [2.75, 3.05) is 24.9 Å². The van der Waals surface area contributed by atoms with E-state index in [0.717, 1.165) is 37.1 Å². The second-order valence-electron chi connectivity index (χ2n) is 7.84. The van der Waals surface area contributed by atoms with E-state index in [-0.39, 0.29) is 10.7 Å². The first-order valence-electron chi connectivity index (χ1n) is 10.1. The van der Waals surface area contributed by atoms with Crippen LogP contribution in [0.15, 0.2) is 71.6 Å². The normalized spacial score (nSPS) is 14.7. The summed E-state index contributed by atoms with van der Waals surface area (Å²) in [4.78, 5) is 2.51. The first kappa shape index (κ1) is 20.6. The molecule has 1 aliphatic heterocycles. The van der Waals surface area contributed by atoms with E-state index >= 15 is 0 Å². The highest BCUT2D eigenvalue weighted by Crippen LogP contribution is 2.23. The first-order valence-corrected chi connectivity index (χ1v) is 11.5. The maximum Gasteiger partial charge on any atom is 0.261 e. The molecule has 0 spiro atoms. The maximum atomic E-state index is 13.0. The summed E-state index contributed by atoms with van der Waals surface area (Å²) in [5.74, 6) is -0.268. The van der Waals surface area contributed by atoms with Gasteiger partial charge in [0, 0.05) is 18.8 Å². The number of hydrogen-bond acceptors (Lipinski definition) is 3. The number of likely N-dealkylation sites (N-methyl/N-ethyl adjacent to an activating group) is 1. The molecule has 6 heteroatoms. The van der Waals surface area contributed by atoms with Crippen LogP contribution in [0.4, 0.5) is 10.1 Å². The van der Waals surface area contributed by atoms with Gasteiger partial charge in [-0.2, -0.15) is 0 Å². The van der Waals surface area contributed by atoms with E-state index in [1.54, 1.807) is 36.4 Å². The number of sulfonamides is 1. The van der Waals surface area contributed by atoms with Gasteiger partial charge in [-0.15, -0.1) is 0 Å². The number of hydrogen-bond donors (Lipinski definition) is 1. The monoisotopic (exact) mass is 424 g/mol. The molecule has 1 N–H and O–H groups in total. The van der Waals surface area contributed by atoms with Gasteiger partial charge in [0.1, 0.15) is 5.82 Å². The number of benzene rings is 3. The molecule has 30 heavy (non-hydrogen) atoms. The van der Waals surface area contributed by atoms with Gasteiger partial charge >= 0.3 is 0 Å². The van der Waals surface area contributed by atoms with Gasteiger partial charge in [-0.05, 0) is 85.0 Å². The molecule has 0 saturated heterocycles. The van der Waals surface area contributed by atoms with Crippen LogP contribution in [-0.4, -0.2) is 33.5 Å². The minimum atomic E-state index is -3.66. The van der Waals surface area contributed by atoms with E-state index in [1.165, 1.54) is 23.3 Å².